The van der Waals surface area contributed by atoms with Gasteiger partial charge in [0.1, 0.15) is 0 Å². The fourth-order valence-electron chi connectivity index (χ4n) is 1.35. The number of aliphatic hydroxyl groups is 1. The highest BCUT2D eigenvalue weighted by atomic mass is 16.3. The van der Waals surface area contributed by atoms with Gasteiger partial charge in [-0.2, -0.15) is 10.2 Å². The number of aliphatic hydroxyl groups excluding tert-OH is 1. The number of nitrogens with zero attached hydrogens (tertiary/aromatic N) is 2. The second kappa shape index (κ2) is 3.98. The first-order chi connectivity index (χ1) is 6.92. The van der Waals surface area contributed by atoms with Gasteiger partial charge in [0.2, 0.25) is 0 Å². The van der Waals surface area contributed by atoms with Gasteiger partial charge < -0.3 is 5.11 Å². The summed E-state index contributed by atoms with van der Waals surface area (Å²) < 4.78 is 0. The normalized spacial score (nSPS) is 10.1. The Hall–Kier alpha value is -1.74. The van der Waals surface area contributed by atoms with Crippen LogP contribution in [0.1, 0.15) is 5.56 Å². The third-order valence-electron chi connectivity index (χ3n) is 2.07. The lowest BCUT2D eigenvalue weighted by Crippen LogP contribution is -1.92. The molecule has 0 amide bonds. The molecule has 2 aromatic rings. The molecule has 1 aromatic carbocycles. The van der Waals surface area contributed by atoms with Gasteiger partial charge in [0, 0.05) is 11.1 Å². The second-order valence-corrected chi connectivity index (χ2v) is 2.95. The van der Waals surface area contributed by atoms with Gasteiger partial charge in [-0.05, 0) is 5.56 Å². The first-order valence-corrected chi connectivity index (χ1v) is 4.37. The van der Waals surface area contributed by atoms with E-state index in [0.29, 0.717) is 0 Å². The smallest absolute Gasteiger partial charge is 0.0704 e. The number of aromatic nitrogens is 2. The van der Waals surface area contributed by atoms with Crippen LogP contribution in [0.4, 0.5) is 0 Å². The van der Waals surface area contributed by atoms with Crippen LogP contribution in [0.15, 0.2) is 42.7 Å². The van der Waals surface area contributed by atoms with Gasteiger partial charge >= 0.3 is 0 Å². The van der Waals surface area contributed by atoms with Crippen molar-refractivity contribution in [3.63, 3.8) is 0 Å². The van der Waals surface area contributed by atoms with E-state index in [9.17, 15) is 0 Å². The van der Waals surface area contributed by atoms with Crippen molar-refractivity contribution in [3.05, 3.63) is 48.3 Å². The number of rotatable bonds is 2. The van der Waals surface area contributed by atoms with Crippen LogP contribution in [0.5, 0.6) is 0 Å². The van der Waals surface area contributed by atoms with Crippen molar-refractivity contribution in [1.82, 2.24) is 10.2 Å². The van der Waals surface area contributed by atoms with Crippen LogP contribution in [0.25, 0.3) is 11.1 Å². The summed E-state index contributed by atoms with van der Waals surface area (Å²) in [6.07, 6.45) is 3.25. The molecule has 0 saturated heterocycles. The average molecular weight is 186 g/mol. The van der Waals surface area contributed by atoms with E-state index in [0.717, 1.165) is 16.7 Å². The first kappa shape index (κ1) is 8.84. The van der Waals surface area contributed by atoms with Crippen molar-refractivity contribution >= 4 is 0 Å². The monoisotopic (exact) mass is 186 g/mol. The molecule has 1 aromatic heterocycles. The van der Waals surface area contributed by atoms with E-state index in [1.165, 1.54) is 0 Å². The molecule has 1 heterocycles. The molecule has 0 saturated carbocycles. The average Bonchev–Trinajstić information content (AvgIpc) is 2.30. The van der Waals surface area contributed by atoms with Crippen molar-refractivity contribution in [1.29, 1.82) is 0 Å². The van der Waals surface area contributed by atoms with E-state index < -0.39 is 0 Å². The van der Waals surface area contributed by atoms with Crippen LogP contribution < -0.4 is 0 Å². The highest BCUT2D eigenvalue weighted by Gasteiger charge is 2.03. The zero-order chi connectivity index (χ0) is 9.80. The molecule has 14 heavy (non-hydrogen) atoms. The van der Waals surface area contributed by atoms with Crippen molar-refractivity contribution in [2.24, 2.45) is 0 Å². The first-order valence-electron chi connectivity index (χ1n) is 4.37. The summed E-state index contributed by atoms with van der Waals surface area (Å²) in [5.41, 5.74) is 2.78. The predicted molar refractivity (Wildman–Crippen MR) is 53.4 cm³/mol. The Morgan fingerprint density at radius 3 is 2.43 bits per heavy atom. The molecule has 3 heteroatoms. The standard InChI is InChI=1S/C11H10N2O/c14-8-10-6-12-13-7-11(10)9-4-2-1-3-5-9/h1-7,14H,8H2. The predicted octanol–water partition coefficient (Wildman–Crippen LogP) is 1.64. The fourth-order valence-corrected chi connectivity index (χ4v) is 1.35. The van der Waals surface area contributed by atoms with E-state index >= 15 is 0 Å². The van der Waals surface area contributed by atoms with Gasteiger partial charge in [-0.15, -0.1) is 0 Å². The maximum Gasteiger partial charge on any atom is 0.0704 e. The quantitative estimate of drug-likeness (QED) is 0.775. The molecule has 0 aliphatic heterocycles. The molecule has 2 rings (SSSR count). The van der Waals surface area contributed by atoms with Gasteiger partial charge in [0.25, 0.3) is 0 Å². The van der Waals surface area contributed by atoms with Gasteiger partial charge in [0.05, 0.1) is 19.0 Å². The van der Waals surface area contributed by atoms with E-state index in [4.69, 9.17) is 5.11 Å². The Labute approximate surface area is 82.1 Å². The molecule has 0 radical (unpaired) electrons. The second-order valence-electron chi connectivity index (χ2n) is 2.95. The molecular weight excluding hydrogens is 176 g/mol. The summed E-state index contributed by atoms with van der Waals surface area (Å²) in [5.74, 6) is 0. The lowest BCUT2D eigenvalue weighted by atomic mass is 10.0. The van der Waals surface area contributed by atoms with Crippen molar-refractivity contribution in [2.45, 2.75) is 6.61 Å². The molecule has 0 aliphatic rings. The van der Waals surface area contributed by atoms with Gasteiger partial charge in [-0.1, -0.05) is 30.3 Å². The molecule has 0 bridgehead atoms. The van der Waals surface area contributed by atoms with Crippen LogP contribution in [0, 0.1) is 0 Å². The van der Waals surface area contributed by atoms with Crippen LogP contribution in [0.3, 0.4) is 0 Å². The summed E-state index contributed by atoms with van der Waals surface area (Å²) in [5, 5.41) is 16.7. The van der Waals surface area contributed by atoms with E-state index in [2.05, 4.69) is 10.2 Å². The van der Waals surface area contributed by atoms with Crippen LogP contribution in [0.2, 0.25) is 0 Å². The molecule has 0 aliphatic carbocycles. The SMILES string of the molecule is OCc1cnncc1-c1ccccc1. The highest BCUT2D eigenvalue weighted by Crippen LogP contribution is 2.21. The maximum atomic E-state index is 9.11. The highest BCUT2D eigenvalue weighted by molar-refractivity contribution is 5.65. The summed E-state index contributed by atoms with van der Waals surface area (Å²) >= 11 is 0. The van der Waals surface area contributed by atoms with Gasteiger partial charge in [-0.25, -0.2) is 0 Å². The Morgan fingerprint density at radius 2 is 1.71 bits per heavy atom. The number of hydrogen-bond donors (Lipinski definition) is 1. The molecule has 0 spiro atoms. The summed E-state index contributed by atoms with van der Waals surface area (Å²) in [6, 6.07) is 9.83. The Balaban J connectivity index is 2.51. The van der Waals surface area contributed by atoms with Crippen molar-refractivity contribution in [2.75, 3.05) is 0 Å². The molecule has 0 atom stereocenters. The lowest BCUT2D eigenvalue weighted by Gasteiger charge is -2.04. The molecule has 3 nitrogen and oxygen atoms in total. The van der Waals surface area contributed by atoms with Crippen molar-refractivity contribution in [3.8, 4) is 11.1 Å². The van der Waals surface area contributed by atoms with Crippen LogP contribution >= 0.6 is 0 Å². The van der Waals surface area contributed by atoms with Gasteiger partial charge in [-0.3, -0.25) is 0 Å². The Bertz CT molecular complexity index is 415. The third kappa shape index (κ3) is 1.63. The van der Waals surface area contributed by atoms with E-state index in [1.54, 1.807) is 12.4 Å². The lowest BCUT2D eigenvalue weighted by molar-refractivity contribution is 0.281. The largest absolute Gasteiger partial charge is 0.392 e. The molecular formula is C11H10N2O. The summed E-state index contributed by atoms with van der Waals surface area (Å²) in [6.45, 7) is -0.0141. The summed E-state index contributed by atoms with van der Waals surface area (Å²) in [4.78, 5) is 0. The molecule has 70 valence electrons. The van der Waals surface area contributed by atoms with Gasteiger partial charge in [0.15, 0.2) is 0 Å². The molecule has 0 unspecified atom stereocenters. The summed E-state index contributed by atoms with van der Waals surface area (Å²) in [7, 11) is 0. The Morgan fingerprint density at radius 1 is 1.00 bits per heavy atom. The van der Waals surface area contributed by atoms with E-state index in [-0.39, 0.29) is 6.61 Å². The fraction of sp³-hybridized carbons (Fsp3) is 0.0909. The van der Waals surface area contributed by atoms with Crippen LogP contribution in [-0.2, 0) is 6.61 Å². The van der Waals surface area contributed by atoms with E-state index in [1.807, 2.05) is 30.3 Å². The Kier molecular flexibility index (Phi) is 2.51. The van der Waals surface area contributed by atoms with Crippen LogP contribution in [-0.4, -0.2) is 15.3 Å². The minimum Gasteiger partial charge on any atom is -0.392 e. The third-order valence-corrected chi connectivity index (χ3v) is 2.07. The van der Waals surface area contributed by atoms with Crippen molar-refractivity contribution < 1.29 is 5.11 Å². The molecule has 1 N–H and O–H groups in total. The topological polar surface area (TPSA) is 46.0 Å². The number of hydrogen-bond acceptors (Lipinski definition) is 3. The molecule has 0 fully saturated rings. The zero-order valence-corrected chi connectivity index (χ0v) is 7.59. The minimum atomic E-state index is -0.0141. The number of benzene rings is 1. The minimum absolute atomic E-state index is 0.0141. The zero-order valence-electron chi connectivity index (χ0n) is 7.59. The maximum absolute atomic E-state index is 9.11.